The molecule has 0 spiro atoms. The van der Waals surface area contributed by atoms with Gasteiger partial charge in [0.05, 0.1) is 5.75 Å². The second kappa shape index (κ2) is 5.26. The third-order valence-electron chi connectivity index (χ3n) is 3.92. The van der Waals surface area contributed by atoms with Gasteiger partial charge in [-0.1, -0.05) is 23.1 Å². The summed E-state index contributed by atoms with van der Waals surface area (Å²) in [6.07, 6.45) is 1.21. The molecule has 8 heteroatoms. The molecule has 2 atom stereocenters. The topological polar surface area (TPSA) is 75.3 Å². The quantitative estimate of drug-likeness (QED) is 0.813. The van der Waals surface area contributed by atoms with E-state index >= 15 is 0 Å². The molecule has 2 fully saturated rings. The van der Waals surface area contributed by atoms with Gasteiger partial charge in [-0.3, -0.25) is 4.79 Å². The molecular weight excluding hydrogens is 282 g/mol. The Morgan fingerprint density at radius 1 is 1.53 bits per heavy atom. The molecule has 0 radical (unpaired) electrons. The van der Waals surface area contributed by atoms with Crippen LogP contribution in [0.4, 0.5) is 5.13 Å². The number of thioether (sulfide) groups is 1. The van der Waals surface area contributed by atoms with Gasteiger partial charge in [0.2, 0.25) is 11.0 Å². The highest BCUT2D eigenvalue weighted by Crippen LogP contribution is 2.31. The number of hydrogen-bond donors (Lipinski definition) is 1. The van der Waals surface area contributed by atoms with Gasteiger partial charge in [0, 0.05) is 19.1 Å². The number of anilines is 1. The van der Waals surface area contributed by atoms with Gasteiger partial charge >= 0.3 is 0 Å². The molecule has 1 aromatic rings. The number of hydrogen-bond acceptors (Lipinski definition) is 7. The number of nitrogens with zero attached hydrogens (tertiary/aromatic N) is 4. The summed E-state index contributed by atoms with van der Waals surface area (Å²) in [4.78, 5) is 16.5. The summed E-state index contributed by atoms with van der Waals surface area (Å²) in [6, 6.07) is 0.561. The van der Waals surface area contributed by atoms with Crippen LogP contribution in [0.15, 0.2) is 4.34 Å². The van der Waals surface area contributed by atoms with Crippen LogP contribution in [-0.2, 0) is 4.79 Å². The number of fused-ring (bicyclic) bond motifs is 1. The Balaban J connectivity index is 1.52. The van der Waals surface area contributed by atoms with Crippen molar-refractivity contribution in [2.45, 2.75) is 16.8 Å². The lowest BCUT2D eigenvalue weighted by Gasteiger charge is -2.20. The molecule has 0 bridgehead atoms. The first-order valence-electron chi connectivity index (χ1n) is 6.33. The van der Waals surface area contributed by atoms with Crippen LogP contribution in [0, 0.1) is 5.92 Å². The summed E-state index contributed by atoms with van der Waals surface area (Å²) in [5, 5.41) is 8.10. The molecule has 1 amide bonds. The number of nitrogen functional groups attached to an aromatic ring is 1. The van der Waals surface area contributed by atoms with Crippen LogP contribution >= 0.6 is 23.1 Å². The SMILES string of the molecule is CN1CC[C@H]2CN(C(=O)CSc3nnc(N)s3)C[C@H]21. The lowest BCUT2D eigenvalue weighted by atomic mass is 10.1. The van der Waals surface area contributed by atoms with Crippen LogP contribution in [0.25, 0.3) is 0 Å². The zero-order valence-corrected chi connectivity index (χ0v) is 12.4. The molecule has 3 heterocycles. The Labute approximate surface area is 120 Å². The Bertz CT molecular complexity index is 479. The summed E-state index contributed by atoms with van der Waals surface area (Å²) in [7, 11) is 2.15. The van der Waals surface area contributed by atoms with Crippen LogP contribution in [-0.4, -0.2) is 64.4 Å². The first-order chi connectivity index (χ1) is 9.13. The smallest absolute Gasteiger partial charge is 0.233 e. The molecule has 0 aromatic carbocycles. The molecule has 3 rings (SSSR count). The molecule has 0 aliphatic carbocycles. The average molecular weight is 299 g/mol. The van der Waals surface area contributed by atoms with Gasteiger partial charge in [-0.2, -0.15) is 0 Å². The van der Waals surface area contributed by atoms with Crippen molar-refractivity contribution in [1.29, 1.82) is 0 Å². The van der Waals surface area contributed by atoms with E-state index in [1.165, 1.54) is 29.5 Å². The predicted molar refractivity (Wildman–Crippen MR) is 76.2 cm³/mol. The number of likely N-dealkylation sites (tertiary alicyclic amines) is 2. The van der Waals surface area contributed by atoms with Crippen molar-refractivity contribution in [2.24, 2.45) is 5.92 Å². The van der Waals surface area contributed by atoms with E-state index in [2.05, 4.69) is 22.1 Å². The number of carbonyl (C=O) groups excluding carboxylic acids is 1. The number of nitrogens with two attached hydrogens (primary N) is 1. The maximum Gasteiger partial charge on any atom is 0.233 e. The normalized spacial score (nSPS) is 26.9. The van der Waals surface area contributed by atoms with Gasteiger partial charge in [0.1, 0.15) is 0 Å². The zero-order valence-electron chi connectivity index (χ0n) is 10.8. The minimum atomic E-state index is 0.196. The lowest BCUT2D eigenvalue weighted by Crippen LogP contribution is -2.35. The summed E-state index contributed by atoms with van der Waals surface area (Å²) >= 11 is 2.75. The minimum absolute atomic E-state index is 0.196. The number of carbonyl (C=O) groups is 1. The predicted octanol–water partition coefficient (Wildman–Crippen LogP) is 0.375. The van der Waals surface area contributed by atoms with Gasteiger partial charge < -0.3 is 15.5 Å². The molecule has 104 valence electrons. The first-order valence-corrected chi connectivity index (χ1v) is 8.13. The second-order valence-electron chi connectivity index (χ2n) is 5.09. The van der Waals surface area contributed by atoms with Crippen molar-refractivity contribution in [2.75, 3.05) is 38.2 Å². The Morgan fingerprint density at radius 3 is 3.05 bits per heavy atom. The van der Waals surface area contributed by atoms with Crippen molar-refractivity contribution in [3.05, 3.63) is 0 Å². The van der Waals surface area contributed by atoms with Crippen LogP contribution in [0.3, 0.4) is 0 Å². The summed E-state index contributed by atoms with van der Waals surface area (Å²) in [6.45, 7) is 2.95. The van der Waals surface area contributed by atoms with Gasteiger partial charge in [0.15, 0.2) is 4.34 Å². The molecule has 6 nitrogen and oxygen atoms in total. The second-order valence-corrected chi connectivity index (χ2v) is 7.32. The van der Waals surface area contributed by atoms with Crippen molar-refractivity contribution >= 4 is 34.1 Å². The third-order valence-corrected chi connectivity index (χ3v) is 5.79. The molecule has 0 unspecified atom stereocenters. The molecule has 2 N–H and O–H groups in total. The number of rotatable bonds is 3. The van der Waals surface area contributed by atoms with E-state index in [-0.39, 0.29) is 5.91 Å². The van der Waals surface area contributed by atoms with Crippen LogP contribution < -0.4 is 5.73 Å². The fourth-order valence-electron chi connectivity index (χ4n) is 2.87. The Hall–Kier alpha value is -0.860. The zero-order chi connectivity index (χ0) is 13.4. The summed E-state index contributed by atoms with van der Waals surface area (Å²) in [5.74, 6) is 1.29. The monoisotopic (exact) mass is 299 g/mol. The number of aromatic nitrogens is 2. The maximum atomic E-state index is 12.2. The fraction of sp³-hybridized carbons (Fsp3) is 0.727. The fourth-order valence-corrected chi connectivity index (χ4v) is 4.41. The molecular formula is C11H17N5OS2. The highest BCUT2D eigenvalue weighted by Gasteiger charge is 2.40. The molecule has 2 aliphatic heterocycles. The molecule has 2 aliphatic rings. The largest absolute Gasteiger partial charge is 0.374 e. The van der Waals surface area contributed by atoms with Crippen molar-refractivity contribution < 1.29 is 4.79 Å². The van der Waals surface area contributed by atoms with E-state index in [0.29, 0.717) is 22.8 Å². The van der Waals surface area contributed by atoms with E-state index in [0.717, 1.165) is 24.0 Å². The summed E-state index contributed by atoms with van der Waals surface area (Å²) in [5.41, 5.74) is 5.52. The Kier molecular flexibility index (Phi) is 3.64. The minimum Gasteiger partial charge on any atom is -0.374 e. The third kappa shape index (κ3) is 2.70. The van der Waals surface area contributed by atoms with Crippen LogP contribution in [0.2, 0.25) is 0 Å². The van der Waals surface area contributed by atoms with Crippen LogP contribution in [0.1, 0.15) is 6.42 Å². The van der Waals surface area contributed by atoms with E-state index < -0.39 is 0 Å². The standard InChI is InChI=1S/C11H17N5OS2/c1-15-3-2-7-4-16(5-8(7)15)9(17)6-18-11-14-13-10(12)19-11/h7-8H,2-6H2,1H3,(H2,12,13)/t7-,8+/m0/s1. The van der Waals surface area contributed by atoms with Crippen molar-refractivity contribution in [3.63, 3.8) is 0 Å². The molecule has 19 heavy (non-hydrogen) atoms. The summed E-state index contributed by atoms with van der Waals surface area (Å²) < 4.78 is 0.766. The highest BCUT2D eigenvalue weighted by molar-refractivity contribution is 8.01. The van der Waals surface area contributed by atoms with E-state index in [1.807, 2.05) is 4.90 Å². The highest BCUT2D eigenvalue weighted by atomic mass is 32.2. The van der Waals surface area contributed by atoms with Gasteiger partial charge in [-0.05, 0) is 25.9 Å². The van der Waals surface area contributed by atoms with Gasteiger partial charge in [0.25, 0.3) is 0 Å². The Morgan fingerprint density at radius 2 is 2.37 bits per heavy atom. The molecule has 2 saturated heterocycles. The number of amides is 1. The molecule has 1 aromatic heterocycles. The van der Waals surface area contributed by atoms with Crippen molar-refractivity contribution in [3.8, 4) is 0 Å². The first kappa shape index (κ1) is 13.1. The van der Waals surface area contributed by atoms with Gasteiger partial charge in [-0.15, -0.1) is 10.2 Å². The van der Waals surface area contributed by atoms with E-state index in [1.54, 1.807) is 0 Å². The number of likely N-dealkylation sites (N-methyl/N-ethyl adjacent to an activating group) is 1. The van der Waals surface area contributed by atoms with Crippen molar-refractivity contribution in [1.82, 2.24) is 20.0 Å². The van der Waals surface area contributed by atoms with Crippen LogP contribution in [0.5, 0.6) is 0 Å². The van der Waals surface area contributed by atoms with Gasteiger partial charge in [-0.25, -0.2) is 0 Å². The lowest BCUT2D eigenvalue weighted by molar-refractivity contribution is -0.127. The van der Waals surface area contributed by atoms with E-state index in [4.69, 9.17) is 5.73 Å². The molecule has 0 saturated carbocycles. The maximum absolute atomic E-state index is 12.2. The van der Waals surface area contributed by atoms with E-state index in [9.17, 15) is 4.79 Å². The average Bonchev–Trinajstić information content (AvgIpc) is 3.05.